The van der Waals surface area contributed by atoms with Crippen LogP contribution in [0.4, 0.5) is 5.69 Å². The predicted octanol–water partition coefficient (Wildman–Crippen LogP) is 4.18. The molecule has 1 aliphatic heterocycles. The molecule has 11 heteroatoms. The second-order valence-electron chi connectivity index (χ2n) is 8.50. The van der Waals surface area contributed by atoms with E-state index < -0.39 is 20.9 Å². The number of carbonyl (C=O) groups is 1. The van der Waals surface area contributed by atoms with Crippen LogP contribution < -0.4 is 4.80 Å². The van der Waals surface area contributed by atoms with E-state index in [2.05, 4.69) is 4.99 Å². The minimum atomic E-state index is -3.60. The Labute approximate surface area is 201 Å². The molecule has 0 N–H and O–H groups in total. The summed E-state index contributed by atoms with van der Waals surface area (Å²) in [4.78, 5) is 28.4. The van der Waals surface area contributed by atoms with Gasteiger partial charge in [-0.1, -0.05) is 25.2 Å². The molecule has 2 heterocycles. The van der Waals surface area contributed by atoms with Crippen molar-refractivity contribution in [2.24, 2.45) is 10.9 Å². The molecule has 180 valence electrons. The van der Waals surface area contributed by atoms with Gasteiger partial charge < -0.3 is 4.57 Å². The monoisotopic (exact) mass is 502 g/mol. The van der Waals surface area contributed by atoms with Gasteiger partial charge in [-0.2, -0.15) is 9.30 Å². The lowest BCUT2D eigenvalue weighted by atomic mass is 10.0. The molecule has 1 unspecified atom stereocenters. The van der Waals surface area contributed by atoms with E-state index in [9.17, 15) is 23.3 Å². The molecule has 1 saturated heterocycles. The van der Waals surface area contributed by atoms with Crippen molar-refractivity contribution in [3.8, 4) is 0 Å². The van der Waals surface area contributed by atoms with Crippen molar-refractivity contribution in [1.82, 2.24) is 8.87 Å². The normalized spacial score (nSPS) is 17.8. The fourth-order valence-corrected chi connectivity index (χ4v) is 6.82. The maximum absolute atomic E-state index is 13.0. The van der Waals surface area contributed by atoms with Crippen LogP contribution in [-0.4, -0.2) is 41.2 Å². The highest BCUT2D eigenvalue weighted by Gasteiger charge is 2.28. The Kier molecular flexibility index (Phi) is 6.96. The van der Waals surface area contributed by atoms with E-state index in [0.29, 0.717) is 35.1 Å². The maximum atomic E-state index is 13.0. The molecular weight excluding hydrogens is 476 g/mol. The molecule has 0 saturated carbocycles. The minimum Gasteiger partial charge on any atom is -0.316 e. The number of sulfonamides is 1. The summed E-state index contributed by atoms with van der Waals surface area (Å²) in [5, 5.41) is 11.1. The topological polar surface area (TPSA) is 115 Å². The number of aryl methyl sites for hydroxylation is 1. The molecular formula is C23H26N4O5S2. The Hall–Kier alpha value is -2.89. The second-order valence-corrected chi connectivity index (χ2v) is 11.4. The summed E-state index contributed by atoms with van der Waals surface area (Å²) in [6.07, 6.45) is 2.65. The Morgan fingerprint density at radius 2 is 1.97 bits per heavy atom. The van der Waals surface area contributed by atoms with Crippen LogP contribution in [0.15, 0.2) is 52.4 Å². The van der Waals surface area contributed by atoms with Gasteiger partial charge in [-0.3, -0.25) is 14.9 Å². The Balaban J connectivity index is 1.65. The van der Waals surface area contributed by atoms with Gasteiger partial charge in [0.15, 0.2) is 4.80 Å². The lowest BCUT2D eigenvalue weighted by Crippen LogP contribution is -2.39. The number of amides is 1. The van der Waals surface area contributed by atoms with Gasteiger partial charge in [0.05, 0.1) is 20.0 Å². The lowest BCUT2D eigenvalue weighted by molar-refractivity contribution is -0.384. The lowest BCUT2D eigenvalue weighted by Gasteiger charge is -2.30. The van der Waals surface area contributed by atoms with Crippen LogP contribution >= 0.6 is 11.3 Å². The predicted molar refractivity (Wildman–Crippen MR) is 130 cm³/mol. The van der Waals surface area contributed by atoms with E-state index in [1.54, 1.807) is 6.07 Å². The van der Waals surface area contributed by atoms with Crippen LogP contribution in [0.5, 0.6) is 0 Å². The summed E-state index contributed by atoms with van der Waals surface area (Å²) in [7, 11) is -3.60. The van der Waals surface area contributed by atoms with Crippen molar-refractivity contribution in [2.45, 2.75) is 44.6 Å². The average Bonchev–Trinajstić information content (AvgIpc) is 3.15. The van der Waals surface area contributed by atoms with Crippen LogP contribution in [0.1, 0.15) is 43.5 Å². The molecule has 1 fully saturated rings. The van der Waals surface area contributed by atoms with Crippen molar-refractivity contribution in [2.75, 3.05) is 13.1 Å². The quantitative estimate of drug-likeness (QED) is 0.370. The zero-order chi connectivity index (χ0) is 24.5. The van der Waals surface area contributed by atoms with Gasteiger partial charge in [-0.05, 0) is 55.5 Å². The third-order valence-electron chi connectivity index (χ3n) is 5.88. The second kappa shape index (κ2) is 9.77. The first-order valence-electron chi connectivity index (χ1n) is 11.2. The van der Waals surface area contributed by atoms with Crippen molar-refractivity contribution in [1.29, 1.82) is 0 Å². The third kappa shape index (κ3) is 4.82. The fraction of sp³-hybridized carbons (Fsp3) is 0.391. The highest BCUT2D eigenvalue weighted by molar-refractivity contribution is 7.89. The van der Waals surface area contributed by atoms with Gasteiger partial charge >= 0.3 is 0 Å². The molecule has 1 amide bonds. The van der Waals surface area contributed by atoms with Crippen molar-refractivity contribution < 1.29 is 18.1 Å². The van der Waals surface area contributed by atoms with Crippen molar-refractivity contribution in [3.63, 3.8) is 0 Å². The number of non-ortho nitro benzene ring substituents is 1. The molecule has 2 aromatic carbocycles. The first-order chi connectivity index (χ1) is 16.2. The number of hydrogen-bond acceptors (Lipinski definition) is 6. The summed E-state index contributed by atoms with van der Waals surface area (Å²) >= 11 is 1.21. The van der Waals surface area contributed by atoms with E-state index in [1.165, 1.54) is 52.0 Å². The van der Waals surface area contributed by atoms with E-state index in [1.807, 2.05) is 18.4 Å². The number of carbonyl (C=O) groups excluding carboxylic acids is 1. The zero-order valence-corrected chi connectivity index (χ0v) is 20.6. The molecule has 0 bridgehead atoms. The Morgan fingerprint density at radius 1 is 1.24 bits per heavy atom. The molecule has 1 aromatic heterocycles. The highest BCUT2D eigenvalue weighted by Crippen LogP contribution is 2.25. The summed E-state index contributed by atoms with van der Waals surface area (Å²) < 4.78 is 30.0. The number of aromatic nitrogens is 1. The van der Waals surface area contributed by atoms with Crippen molar-refractivity contribution >= 4 is 43.2 Å². The van der Waals surface area contributed by atoms with Crippen LogP contribution in [0.25, 0.3) is 10.2 Å². The smallest absolute Gasteiger partial charge is 0.279 e. The number of piperidine rings is 1. The van der Waals surface area contributed by atoms with E-state index in [4.69, 9.17) is 0 Å². The number of thiazole rings is 1. The molecule has 3 aromatic rings. The molecule has 1 atom stereocenters. The summed E-state index contributed by atoms with van der Waals surface area (Å²) in [5.41, 5.74) is 1.04. The summed E-state index contributed by atoms with van der Waals surface area (Å²) in [6, 6.07) is 10.5. The van der Waals surface area contributed by atoms with Gasteiger partial charge in [0, 0.05) is 37.3 Å². The zero-order valence-electron chi connectivity index (χ0n) is 19.0. The third-order valence-corrected chi connectivity index (χ3v) is 8.80. The first-order valence-corrected chi connectivity index (χ1v) is 13.4. The maximum Gasteiger partial charge on any atom is 0.279 e. The number of nitrogens with zero attached hydrogens (tertiary/aromatic N) is 4. The van der Waals surface area contributed by atoms with Gasteiger partial charge in [0.25, 0.3) is 11.6 Å². The van der Waals surface area contributed by atoms with Gasteiger partial charge in [-0.15, -0.1) is 0 Å². The number of nitro groups is 1. The van der Waals surface area contributed by atoms with Crippen LogP contribution in [0.3, 0.4) is 0 Å². The summed E-state index contributed by atoms with van der Waals surface area (Å²) in [6.45, 7) is 5.65. The molecule has 1 aliphatic rings. The molecule has 4 rings (SSSR count). The largest absolute Gasteiger partial charge is 0.316 e. The van der Waals surface area contributed by atoms with Crippen LogP contribution in [-0.2, 0) is 16.6 Å². The van der Waals surface area contributed by atoms with Gasteiger partial charge in [0.2, 0.25) is 10.0 Å². The van der Waals surface area contributed by atoms with Crippen LogP contribution in [0, 0.1) is 16.0 Å². The number of benzene rings is 2. The Morgan fingerprint density at radius 3 is 2.62 bits per heavy atom. The van der Waals surface area contributed by atoms with Gasteiger partial charge in [0.1, 0.15) is 0 Å². The molecule has 9 nitrogen and oxygen atoms in total. The van der Waals surface area contributed by atoms with E-state index >= 15 is 0 Å². The number of nitro benzene ring substituents is 1. The molecule has 0 radical (unpaired) electrons. The SMILES string of the molecule is CCCn1c(=NC(=O)c2ccc(S(=O)(=O)N3CCCC(C)C3)cc2)sc2cc([N+](=O)[O-])ccc21. The number of fused-ring (bicyclic) bond motifs is 1. The van der Waals surface area contributed by atoms with E-state index in [-0.39, 0.29) is 16.1 Å². The highest BCUT2D eigenvalue weighted by atomic mass is 32.2. The number of rotatable bonds is 6. The molecule has 0 aliphatic carbocycles. The average molecular weight is 503 g/mol. The van der Waals surface area contributed by atoms with Crippen LogP contribution in [0.2, 0.25) is 0 Å². The van der Waals surface area contributed by atoms with Gasteiger partial charge in [-0.25, -0.2) is 8.42 Å². The fourth-order valence-electron chi connectivity index (χ4n) is 4.14. The van der Waals surface area contributed by atoms with Crippen molar-refractivity contribution in [3.05, 3.63) is 62.9 Å². The molecule has 0 spiro atoms. The number of hydrogen-bond donors (Lipinski definition) is 0. The standard InChI is InChI=1S/C23H26N4O5S2/c1-3-12-26-20-11-8-18(27(29)30)14-21(20)33-23(26)24-22(28)17-6-9-19(10-7-17)34(31,32)25-13-4-5-16(2)15-25/h6-11,14,16H,3-5,12-13,15H2,1-2H3. The molecule has 34 heavy (non-hydrogen) atoms. The Bertz CT molecular complexity index is 1410. The minimum absolute atomic E-state index is 0.0184. The first kappa shape index (κ1) is 24.2. The van der Waals surface area contributed by atoms with E-state index in [0.717, 1.165) is 24.8 Å². The summed E-state index contributed by atoms with van der Waals surface area (Å²) in [5.74, 6) is -0.179.